The van der Waals surface area contributed by atoms with Gasteiger partial charge >= 0.3 is 5.97 Å². The van der Waals surface area contributed by atoms with Gasteiger partial charge in [-0.3, -0.25) is 4.79 Å². The third-order valence-electron chi connectivity index (χ3n) is 3.41. The van der Waals surface area contributed by atoms with E-state index in [1.54, 1.807) is 6.92 Å². The molecule has 0 heterocycles. The highest BCUT2D eigenvalue weighted by Gasteiger charge is 2.29. The predicted molar refractivity (Wildman–Crippen MR) is 88.9 cm³/mol. The molecule has 0 radical (unpaired) electrons. The van der Waals surface area contributed by atoms with Gasteiger partial charge in [-0.15, -0.1) is 0 Å². The smallest absolute Gasteiger partial charge is 0.324 e. The van der Waals surface area contributed by atoms with E-state index in [0.717, 1.165) is 25.5 Å². The van der Waals surface area contributed by atoms with E-state index >= 15 is 0 Å². The molecule has 1 rings (SSSR count). The molecule has 6 heteroatoms. The Morgan fingerprint density at radius 1 is 1.18 bits per heavy atom. The Bertz CT molecular complexity index is 566. The van der Waals surface area contributed by atoms with Crippen molar-refractivity contribution in [2.45, 2.75) is 44.3 Å². The lowest BCUT2D eigenvalue weighted by Crippen LogP contribution is -2.31. The van der Waals surface area contributed by atoms with Gasteiger partial charge in [0.25, 0.3) is 0 Å². The van der Waals surface area contributed by atoms with Gasteiger partial charge in [0.15, 0.2) is 15.1 Å². The molecule has 1 aromatic rings. The van der Waals surface area contributed by atoms with Crippen LogP contribution in [0.25, 0.3) is 0 Å². The average molecular weight is 347 g/mol. The van der Waals surface area contributed by atoms with Crippen LogP contribution in [-0.2, 0) is 25.8 Å². The lowest BCUT2D eigenvalue weighted by Gasteiger charge is -2.13. The third kappa shape index (κ3) is 6.79. The highest BCUT2D eigenvalue weighted by molar-refractivity contribution is 7.92. The maximum Gasteiger partial charge on any atom is 0.324 e. The van der Waals surface area contributed by atoms with Crippen LogP contribution in [0.1, 0.15) is 38.2 Å². The van der Waals surface area contributed by atoms with Crippen molar-refractivity contribution in [1.29, 1.82) is 0 Å². The minimum atomic E-state index is -3.42. The molecule has 0 N–H and O–H groups in total. The van der Waals surface area contributed by atoms with Gasteiger partial charge in [-0.25, -0.2) is 8.42 Å². The van der Waals surface area contributed by atoms with Crippen LogP contribution in [0.15, 0.2) is 24.3 Å². The highest BCUT2D eigenvalue weighted by Crippen LogP contribution is 2.15. The van der Waals surface area contributed by atoms with E-state index in [0.29, 0.717) is 17.9 Å². The molecule has 0 aliphatic rings. The molecule has 0 aliphatic heterocycles. The number of sulfone groups is 1. The summed E-state index contributed by atoms with van der Waals surface area (Å²) in [7, 11) is -3.42. The molecule has 22 heavy (non-hydrogen) atoms. The molecule has 0 aliphatic carbocycles. The van der Waals surface area contributed by atoms with E-state index < -0.39 is 21.1 Å². The van der Waals surface area contributed by atoms with Crippen molar-refractivity contribution in [1.82, 2.24) is 0 Å². The van der Waals surface area contributed by atoms with Gasteiger partial charge in [-0.2, -0.15) is 0 Å². The topological polar surface area (TPSA) is 60.4 Å². The van der Waals surface area contributed by atoms with E-state index in [2.05, 4.69) is 0 Å². The number of halogens is 1. The van der Waals surface area contributed by atoms with Crippen LogP contribution >= 0.6 is 11.6 Å². The number of carbonyl (C=O) groups is 1. The number of carbonyl (C=O) groups excluding carboxylic acids is 1. The minimum absolute atomic E-state index is 0.196. The molecule has 0 saturated carbocycles. The summed E-state index contributed by atoms with van der Waals surface area (Å²) < 4.78 is 28.1. The second kappa shape index (κ2) is 9.16. The molecule has 0 saturated heterocycles. The summed E-state index contributed by atoms with van der Waals surface area (Å²) in [5.41, 5.74) is 1.20. The number of aryl methyl sites for hydroxylation is 1. The Morgan fingerprint density at radius 2 is 1.82 bits per heavy atom. The fourth-order valence-electron chi connectivity index (χ4n) is 2.23. The first-order valence-corrected chi connectivity index (χ1v) is 9.77. The Balaban J connectivity index is 2.37. The van der Waals surface area contributed by atoms with Crippen molar-refractivity contribution in [2.75, 3.05) is 12.9 Å². The van der Waals surface area contributed by atoms with Gasteiger partial charge in [0.2, 0.25) is 0 Å². The number of hydrogen-bond acceptors (Lipinski definition) is 4. The molecule has 0 amide bonds. The normalized spacial score (nSPS) is 12.9. The van der Waals surface area contributed by atoms with Crippen molar-refractivity contribution < 1.29 is 17.9 Å². The number of ether oxygens (including phenoxy) is 1. The number of benzene rings is 1. The van der Waals surface area contributed by atoms with Crippen LogP contribution in [0.3, 0.4) is 0 Å². The largest absolute Gasteiger partial charge is 0.465 e. The lowest BCUT2D eigenvalue weighted by molar-refractivity contribution is -0.142. The van der Waals surface area contributed by atoms with E-state index in [-0.39, 0.29) is 6.61 Å². The molecule has 0 spiro atoms. The van der Waals surface area contributed by atoms with Gasteiger partial charge in [0.1, 0.15) is 0 Å². The van der Waals surface area contributed by atoms with E-state index in [1.165, 1.54) is 5.56 Å². The molecular formula is C16H23ClO4S. The number of esters is 1. The molecular weight excluding hydrogens is 324 g/mol. The molecule has 1 aromatic carbocycles. The summed E-state index contributed by atoms with van der Waals surface area (Å²) in [6.45, 7) is 1.87. The van der Waals surface area contributed by atoms with Crippen LogP contribution in [0, 0.1) is 0 Å². The lowest BCUT2D eigenvalue weighted by atomic mass is 10.1. The fraction of sp³-hybridized carbons (Fsp3) is 0.562. The summed E-state index contributed by atoms with van der Waals surface area (Å²) in [6, 6.07) is 7.69. The summed E-state index contributed by atoms with van der Waals surface area (Å²) in [6.07, 6.45) is 4.82. The number of hydrogen-bond donors (Lipinski definition) is 0. The quantitative estimate of drug-likeness (QED) is 0.507. The van der Waals surface area contributed by atoms with Crippen LogP contribution < -0.4 is 0 Å². The van der Waals surface area contributed by atoms with E-state index in [9.17, 15) is 13.2 Å². The maximum atomic E-state index is 11.7. The predicted octanol–water partition coefficient (Wildman–Crippen LogP) is 3.42. The van der Waals surface area contributed by atoms with Crippen LogP contribution in [0.2, 0.25) is 5.02 Å². The standard InChI is InChI=1S/C16H23ClO4S/c1-3-21-16(18)15(22(2,19)20)8-6-4-5-7-13-9-11-14(17)12-10-13/h9-12,15H,3-8H2,1-2H3. The Morgan fingerprint density at radius 3 is 2.36 bits per heavy atom. The Kier molecular flexibility index (Phi) is 7.90. The van der Waals surface area contributed by atoms with Gasteiger partial charge < -0.3 is 4.74 Å². The van der Waals surface area contributed by atoms with Crippen LogP contribution in [0.5, 0.6) is 0 Å². The van der Waals surface area contributed by atoms with Gasteiger partial charge in [0.05, 0.1) is 6.61 Å². The second-order valence-electron chi connectivity index (χ2n) is 5.30. The molecule has 1 unspecified atom stereocenters. The van der Waals surface area contributed by atoms with Crippen molar-refractivity contribution in [3.05, 3.63) is 34.9 Å². The maximum absolute atomic E-state index is 11.7. The molecule has 0 aromatic heterocycles. The van der Waals surface area contributed by atoms with Gasteiger partial charge in [-0.1, -0.05) is 36.6 Å². The van der Waals surface area contributed by atoms with Gasteiger partial charge in [-0.05, 0) is 43.9 Å². The monoisotopic (exact) mass is 346 g/mol. The summed E-state index contributed by atoms with van der Waals surface area (Å²) in [4.78, 5) is 11.7. The molecule has 124 valence electrons. The van der Waals surface area contributed by atoms with Crippen molar-refractivity contribution in [3.8, 4) is 0 Å². The third-order valence-corrected chi connectivity index (χ3v) is 5.13. The Hall–Kier alpha value is -1.07. The summed E-state index contributed by atoms with van der Waals surface area (Å²) >= 11 is 5.83. The SMILES string of the molecule is CCOC(=O)C(CCCCCc1ccc(Cl)cc1)S(C)(=O)=O. The van der Waals surface area contributed by atoms with Crippen molar-refractivity contribution >= 4 is 27.4 Å². The van der Waals surface area contributed by atoms with Crippen molar-refractivity contribution in [2.24, 2.45) is 0 Å². The minimum Gasteiger partial charge on any atom is -0.465 e. The van der Waals surface area contributed by atoms with Crippen molar-refractivity contribution in [3.63, 3.8) is 0 Å². The highest BCUT2D eigenvalue weighted by atomic mass is 35.5. The van der Waals surface area contributed by atoms with E-state index in [4.69, 9.17) is 16.3 Å². The first-order valence-electron chi connectivity index (χ1n) is 7.44. The van der Waals surface area contributed by atoms with E-state index in [1.807, 2.05) is 24.3 Å². The average Bonchev–Trinajstić information content (AvgIpc) is 2.43. The zero-order chi connectivity index (χ0) is 16.6. The number of unbranched alkanes of at least 4 members (excludes halogenated alkanes) is 2. The number of rotatable bonds is 9. The molecule has 0 fully saturated rings. The molecule has 4 nitrogen and oxygen atoms in total. The van der Waals surface area contributed by atoms with Crippen LogP contribution in [-0.4, -0.2) is 32.5 Å². The zero-order valence-corrected chi connectivity index (χ0v) is 14.6. The first-order chi connectivity index (χ1) is 10.3. The summed E-state index contributed by atoms with van der Waals surface area (Å²) in [5, 5.41) is -0.322. The second-order valence-corrected chi connectivity index (χ2v) is 7.96. The first kappa shape index (κ1) is 19.0. The summed E-state index contributed by atoms with van der Waals surface area (Å²) in [5.74, 6) is -0.636. The zero-order valence-electron chi connectivity index (χ0n) is 13.0. The van der Waals surface area contributed by atoms with Crippen LogP contribution in [0.4, 0.5) is 0 Å². The fourth-order valence-corrected chi connectivity index (χ4v) is 3.37. The molecule has 0 bridgehead atoms. The Labute approximate surface area is 137 Å². The van der Waals surface area contributed by atoms with Gasteiger partial charge in [0, 0.05) is 11.3 Å². The molecule has 1 atom stereocenters.